The molecule has 0 saturated carbocycles. The van der Waals surface area contributed by atoms with E-state index in [9.17, 15) is 4.79 Å². The van der Waals surface area contributed by atoms with Gasteiger partial charge in [-0.1, -0.05) is 11.6 Å². The summed E-state index contributed by atoms with van der Waals surface area (Å²) < 4.78 is 1.62. The third-order valence-corrected chi connectivity index (χ3v) is 2.48. The van der Waals surface area contributed by atoms with E-state index in [4.69, 9.17) is 11.6 Å². The van der Waals surface area contributed by atoms with Crippen molar-refractivity contribution in [3.05, 3.63) is 34.9 Å². The van der Waals surface area contributed by atoms with E-state index in [1.807, 2.05) is 19.9 Å². The lowest BCUT2D eigenvalue weighted by Gasteiger charge is -2.05. The summed E-state index contributed by atoms with van der Waals surface area (Å²) in [6.07, 6.45) is 1.48. The van der Waals surface area contributed by atoms with Crippen LogP contribution in [0, 0.1) is 13.8 Å². The van der Waals surface area contributed by atoms with Crippen molar-refractivity contribution in [2.75, 3.05) is 5.32 Å². The van der Waals surface area contributed by atoms with E-state index < -0.39 is 0 Å². The molecule has 6 nitrogen and oxygen atoms in total. The Balaban J connectivity index is 2.03. The SMILES string of the molecule is Cc1cc(C)n(CC(=O)Nc2nccc(Cl)n2)n1. The standard InChI is InChI=1S/C11H12ClN5O/c1-7-5-8(2)17(16-7)6-10(18)15-11-13-4-3-9(12)14-11/h3-5H,6H2,1-2H3,(H,13,14,15,18). The van der Waals surface area contributed by atoms with Crippen LogP contribution in [-0.4, -0.2) is 25.7 Å². The minimum atomic E-state index is -0.247. The molecule has 18 heavy (non-hydrogen) atoms. The van der Waals surface area contributed by atoms with Gasteiger partial charge in [-0.2, -0.15) is 5.10 Å². The fourth-order valence-corrected chi connectivity index (χ4v) is 1.67. The number of halogens is 1. The zero-order valence-electron chi connectivity index (χ0n) is 10.0. The molecule has 0 aliphatic heterocycles. The van der Waals surface area contributed by atoms with E-state index in [0.717, 1.165) is 11.4 Å². The number of anilines is 1. The van der Waals surface area contributed by atoms with Crippen LogP contribution in [-0.2, 0) is 11.3 Å². The third kappa shape index (κ3) is 3.04. The first-order chi connectivity index (χ1) is 8.54. The van der Waals surface area contributed by atoms with E-state index in [2.05, 4.69) is 20.4 Å². The highest BCUT2D eigenvalue weighted by Crippen LogP contribution is 2.06. The van der Waals surface area contributed by atoms with Gasteiger partial charge < -0.3 is 0 Å². The summed E-state index contributed by atoms with van der Waals surface area (Å²) in [5.41, 5.74) is 1.80. The van der Waals surface area contributed by atoms with Gasteiger partial charge in [0, 0.05) is 11.9 Å². The zero-order valence-corrected chi connectivity index (χ0v) is 10.8. The molecule has 94 valence electrons. The topological polar surface area (TPSA) is 72.7 Å². The van der Waals surface area contributed by atoms with Crippen LogP contribution in [0.1, 0.15) is 11.4 Å². The normalized spacial score (nSPS) is 10.4. The van der Waals surface area contributed by atoms with E-state index in [1.54, 1.807) is 4.68 Å². The van der Waals surface area contributed by atoms with E-state index in [0.29, 0.717) is 0 Å². The molecule has 0 bridgehead atoms. The molecule has 2 aromatic heterocycles. The van der Waals surface area contributed by atoms with Crippen molar-refractivity contribution in [1.82, 2.24) is 19.7 Å². The number of aryl methyl sites for hydroxylation is 2. The van der Waals surface area contributed by atoms with Crippen molar-refractivity contribution in [2.24, 2.45) is 0 Å². The monoisotopic (exact) mass is 265 g/mol. The van der Waals surface area contributed by atoms with Gasteiger partial charge in [0.2, 0.25) is 11.9 Å². The van der Waals surface area contributed by atoms with Gasteiger partial charge in [0.1, 0.15) is 11.7 Å². The predicted octanol–water partition coefficient (Wildman–Crippen LogP) is 1.58. The van der Waals surface area contributed by atoms with Crippen LogP contribution < -0.4 is 5.32 Å². The highest BCUT2D eigenvalue weighted by molar-refractivity contribution is 6.29. The summed E-state index contributed by atoms with van der Waals surface area (Å²) in [6, 6.07) is 3.45. The van der Waals surface area contributed by atoms with Crippen LogP contribution in [0.25, 0.3) is 0 Å². The Morgan fingerprint density at radius 2 is 2.28 bits per heavy atom. The maximum Gasteiger partial charge on any atom is 0.248 e. The number of aromatic nitrogens is 4. The van der Waals surface area contributed by atoms with E-state index in [-0.39, 0.29) is 23.6 Å². The first-order valence-corrected chi connectivity index (χ1v) is 5.72. The molecule has 0 aromatic carbocycles. The quantitative estimate of drug-likeness (QED) is 0.855. The van der Waals surface area contributed by atoms with Gasteiger partial charge >= 0.3 is 0 Å². The van der Waals surface area contributed by atoms with Crippen LogP contribution in [0.5, 0.6) is 0 Å². The average Bonchev–Trinajstić information content (AvgIpc) is 2.57. The first kappa shape index (κ1) is 12.5. The van der Waals surface area contributed by atoms with Crippen molar-refractivity contribution >= 4 is 23.5 Å². The smallest absolute Gasteiger partial charge is 0.248 e. The number of rotatable bonds is 3. The van der Waals surface area contributed by atoms with E-state index in [1.165, 1.54) is 12.3 Å². The van der Waals surface area contributed by atoms with Gasteiger partial charge in [0.15, 0.2) is 0 Å². The van der Waals surface area contributed by atoms with Crippen molar-refractivity contribution < 1.29 is 4.79 Å². The second kappa shape index (κ2) is 5.14. The van der Waals surface area contributed by atoms with Crippen LogP contribution in [0.4, 0.5) is 5.95 Å². The molecule has 0 radical (unpaired) electrons. The van der Waals surface area contributed by atoms with Crippen molar-refractivity contribution in [3.8, 4) is 0 Å². The summed E-state index contributed by atoms with van der Waals surface area (Å²) in [4.78, 5) is 19.5. The molecule has 0 saturated heterocycles. The molecule has 0 spiro atoms. The maximum atomic E-state index is 11.8. The summed E-state index contributed by atoms with van der Waals surface area (Å²) >= 11 is 5.70. The maximum absolute atomic E-state index is 11.8. The van der Waals surface area contributed by atoms with Crippen LogP contribution in [0.3, 0.4) is 0 Å². The number of carbonyl (C=O) groups excluding carboxylic acids is 1. The highest BCUT2D eigenvalue weighted by atomic mass is 35.5. The molecule has 0 atom stereocenters. The molecule has 2 aromatic rings. The van der Waals surface area contributed by atoms with Gasteiger partial charge in [-0.05, 0) is 26.0 Å². The van der Waals surface area contributed by atoms with Crippen LogP contribution in [0.2, 0.25) is 5.15 Å². The van der Waals surface area contributed by atoms with Crippen molar-refractivity contribution in [1.29, 1.82) is 0 Å². The molecular formula is C11H12ClN5O. The average molecular weight is 266 g/mol. The molecule has 0 aliphatic carbocycles. The number of nitrogens with zero attached hydrogens (tertiary/aromatic N) is 4. The number of amides is 1. The van der Waals surface area contributed by atoms with Crippen LogP contribution >= 0.6 is 11.6 Å². The summed E-state index contributed by atoms with van der Waals surface area (Å²) in [5.74, 6) is -0.0579. The predicted molar refractivity (Wildman–Crippen MR) is 67.4 cm³/mol. The summed E-state index contributed by atoms with van der Waals surface area (Å²) in [6.45, 7) is 3.89. The molecular weight excluding hydrogens is 254 g/mol. The fourth-order valence-electron chi connectivity index (χ4n) is 1.53. The Kier molecular flexibility index (Phi) is 3.57. The fraction of sp³-hybridized carbons (Fsp3) is 0.273. The lowest BCUT2D eigenvalue weighted by atomic mass is 10.4. The number of carbonyl (C=O) groups is 1. The van der Waals surface area contributed by atoms with Crippen molar-refractivity contribution in [2.45, 2.75) is 20.4 Å². The van der Waals surface area contributed by atoms with Crippen LogP contribution in [0.15, 0.2) is 18.3 Å². The van der Waals surface area contributed by atoms with Gasteiger partial charge in [0.05, 0.1) is 5.69 Å². The molecule has 2 rings (SSSR count). The molecule has 1 amide bonds. The molecule has 2 heterocycles. The molecule has 7 heteroatoms. The van der Waals surface area contributed by atoms with Gasteiger partial charge in [-0.3, -0.25) is 14.8 Å². The molecule has 1 N–H and O–H groups in total. The lowest BCUT2D eigenvalue weighted by molar-refractivity contribution is -0.117. The van der Waals surface area contributed by atoms with E-state index >= 15 is 0 Å². The largest absolute Gasteiger partial charge is 0.293 e. The Bertz CT molecular complexity index is 581. The molecule has 0 unspecified atom stereocenters. The Morgan fingerprint density at radius 3 is 2.89 bits per heavy atom. The number of hydrogen-bond donors (Lipinski definition) is 1. The second-order valence-electron chi connectivity index (χ2n) is 3.84. The zero-order chi connectivity index (χ0) is 13.1. The lowest BCUT2D eigenvalue weighted by Crippen LogP contribution is -2.21. The Morgan fingerprint density at radius 1 is 1.50 bits per heavy atom. The Hall–Kier alpha value is -1.95. The van der Waals surface area contributed by atoms with Crippen molar-refractivity contribution in [3.63, 3.8) is 0 Å². The first-order valence-electron chi connectivity index (χ1n) is 5.34. The summed E-state index contributed by atoms with van der Waals surface area (Å²) in [7, 11) is 0. The minimum Gasteiger partial charge on any atom is -0.293 e. The third-order valence-electron chi connectivity index (χ3n) is 2.27. The molecule has 0 fully saturated rings. The second-order valence-corrected chi connectivity index (χ2v) is 4.22. The minimum absolute atomic E-state index is 0.121. The van der Waals surface area contributed by atoms with Gasteiger partial charge in [0.25, 0.3) is 0 Å². The molecule has 0 aliphatic rings. The summed E-state index contributed by atoms with van der Waals surface area (Å²) in [5, 5.41) is 7.04. The highest BCUT2D eigenvalue weighted by Gasteiger charge is 2.08. The number of nitrogens with one attached hydrogen (secondary N) is 1. The number of hydrogen-bond acceptors (Lipinski definition) is 4. The van der Waals surface area contributed by atoms with Gasteiger partial charge in [-0.15, -0.1) is 0 Å². The Labute approximate surface area is 109 Å². The van der Waals surface area contributed by atoms with Gasteiger partial charge in [-0.25, -0.2) is 9.97 Å².